The van der Waals surface area contributed by atoms with E-state index in [-0.39, 0.29) is 33.9 Å². The number of rotatable bonds is 6. The van der Waals surface area contributed by atoms with E-state index >= 15 is 0 Å². The Balaban J connectivity index is 1.47. The van der Waals surface area contributed by atoms with Crippen molar-refractivity contribution < 1.29 is 22.8 Å². The molecule has 0 saturated carbocycles. The number of thioether (sulfide) groups is 1. The van der Waals surface area contributed by atoms with Gasteiger partial charge < -0.3 is 5.32 Å². The van der Waals surface area contributed by atoms with Crippen LogP contribution < -0.4 is 5.32 Å². The monoisotopic (exact) mass is 487 g/mol. The normalized spacial score (nSPS) is 17.4. The van der Waals surface area contributed by atoms with E-state index in [1.54, 1.807) is 43.3 Å². The lowest BCUT2D eigenvalue weighted by atomic mass is 10.1. The van der Waals surface area contributed by atoms with Gasteiger partial charge in [-0.25, -0.2) is 8.42 Å². The van der Waals surface area contributed by atoms with Gasteiger partial charge in [-0.1, -0.05) is 36.4 Å². The van der Waals surface area contributed by atoms with E-state index in [2.05, 4.69) is 5.32 Å². The second kappa shape index (κ2) is 9.66. The number of anilines is 1. The lowest BCUT2D eigenvalue weighted by molar-refractivity contribution is -0.125. The van der Waals surface area contributed by atoms with Crippen molar-refractivity contribution in [2.24, 2.45) is 0 Å². The molecule has 2 fully saturated rings. The predicted octanol–water partition coefficient (Wildman–Crippen LogP) is 3.62. The van der Waals surface area contributed by atoms with Crippen molar-refractivity contribution in [1.29, 1.82) is 0 Å². The predicted molar refractivity (Wildman–Crippen MR) is 127 cm³/mol. The zero-order chi connectivity index (χ0) is 23.6. The molecule has 0 aromatic heterocycles. The van der Waals surface area contributed by atoms with Gasteiger partial charge in [-0.2, -0.15) is 4.31 Å². The van der Waals surface area contributed by atoms with Crippen LogP contribution in [0.4, 0.5) is 10.5 Å². The highest BCUT2D eigenvalue weighted by atomic mass is 32.2. The summed E-state index contributed by atoms with van der Waals surface area (Å²) in [7, 11) is -3.66. The molecule has 2 saturated heterocycles. The summed E-state index contributed by atoms with van der Waals surface area (Å²) in [5, 5.41) is 2.52. The number of carbonyl (C=O) groups is 3. The van der Waals surface area contributed by atoms with Gasteiger partial charge in [0.1, 0.15) is 0 Å². The van der Waals surface area contributed by atoms with E-state index in [0.717, 1.165) is 36.6 Å². The highest BCUT2D eigenvalue weighted by Gasteiger charge is 2.30. The van der Waals surface area contributed by atoms with Gasteiger partial charge in [0.05, 0.1) is 17.2 Å². The minimum Gasteiger partial charge on any atom is -0.322 e. The fourth-order valence-electron chi connectivity index (χ4n) is 3.88. The van der Waals surface area contributed by atoms with Crippen LogP contribution in [0, 0.1) is 6.92 Å². The SMILES string of the molecule is Cc1ccc(C(=O)Nc2ccc(CN3C(=O)CSC3=O)cc2)cc1S(=O)(=O)N1CCCCC1. The number of aryl methyl sites for hydroxylation is 1. The highest BCUT2D eigenvalue weighted by molar-refractivity contribution is 8.14. The van der Waals surface area contributed by atoms with Gasteiger partial charge in [0, 0.05) is 24.3 Å². The maximum atomic E-state index is 13.1. The topological polar surface area (TPSA) is 104 Å². The van der Waals surface area contributed by atoms with Crippen LogP contribution in [0.1, 0.15) is 40.7 Å². The Bertz CT molecular complexity index is 1170. The number of sulfonamides is 1. The summed E-state index contributed by atoms with van der Waals surface area (Å²) in [6.45, 7) is 2.91. The van der Waals surface area contributed by atoms with Crippen molar-refractivity contribution in [1.82, 2.24) is 9.21 Å². The second-order valence-electron chi connectivity index (χ2n) is 8.13. The molecule has 0 unspecified atom stereocenters. The molecule has 174 valence electrons. The Kier molecular flexibility index (Phi) is 6.87. The fourth-order valence-corrected chi connectivity index (χ4v) is 6.37. The van der Waals surface area contributed by atoms with Crippen molar-refractivity contribution in [2.75, 3.05) is 24.2 Å². The van der Waals surface area contributed by atoms with E-state index < -0.39 is 15.9 Å². The van der Waals surface area contributed by atoms with Crippen molar-refractivity contribution in [2.45, 2.75) is 37.6 Å². The summed E-state index contributed by atoms with van der Waals surface area (Å²) in [5.41, 5.74) is 2.15. The minimum atomic E-state index is -3.66. The zero-order valence-electron chi connectivity index (χ0n) is 18.2. The Morgan fingerprint density at radius 1 is 1.03 bits per heavy atom. The Morgan fingerprint density at radius 2 is 1.73 bits per heavy atom. The molecule has 0 radical (unpaired) electrons. The van der Waals surface area contributed by atoms with Crippen LogP contribution in [0.25, 0.3) is 0 Å². The molecule has 1 N–H and O–H groups in total. The molecular formula is C23H25N3O5S2. The van der Waals surface area contributed by atoms with Crippen molar-refractivity contribution >= 4 is 44.5 Å². The lowest BCUT2D eigenvalue weighted by Crippen LogP contribution is -2.36. The summed E-state index contributed by atoms with van der Waals surface area (Å²) < 4.78 is 27.7. The number of nitrogens with one attached hydrogen (secondary N) is 1. The number of imide groups is 1. The van der Waals surface area contributed by atoms with Crippen molar-refractivity contribution in [3.8, 4) is 0 Å². The van der Waals surface area contributed by atoms with Crippen molar-refractivity contribution in [3.63, 3.8) is 0 Å². The van der Waals surface area contributed by atoms with E-state index in [1.807, 2.05) is 0 Å². The Labute approximate surface area is 197 Å². The van der Waals surface area contributed by atoms with Crippen LogP contribution in [-0.2, 0) is 21.4 Å². The standard InChI is InChI=1S/C23H25N3O5S2/c1-16-5-8-18(13-20(16)33(30,31)25-11-3-2-4-12-25)22(28)24-19-9-6-17(7-10-19)14-26-21(27)15-32-23(26)29/h5-10,13H,2-4,11-12,14-15H2,1H3,(H,24,28). The molecular weight excluding hydrogens is 462 g/mol. The van der Waals surface area contributed by atoms with Gasteiger partial charge in [0.15, 0.2) is 0 Å². The first kappa shape index (κ1) is 23.5. The molecule has 2 aromatic rings. The smallest absolute Gasteiger partial charge is 0.289 e. The maximum Gasteiger partial charge on any atom is 0.289 e. The molecule has 0 aliphatic carbocycles. The van der Waals surface area contributed by atoms with Crippen molar-refractivity contribution in [3.05, 3.63) is 59.2 Å². The van der Waals surface area contributed by atoms with Gasteiger partial charge in [-0.05, 0) is 55.2 Å². The van der Waals surface area contributed by atoms with E-state index in [1.165, 1.54) is 15.3 Å². The summed E-state index contributed by atoms with van der Waals surface area (Å²) in [5.74, 6) is -0.463. The number of piperidine rings is 1. The molecule has 0 atom stereocenters. The number of hydrogen-bond acceptors (Lipinski definition) is 6. The average Bonchev–Trinajstić information content (AvgIpc) is 3.13. The summed E-state index contributed by atoms with van der Waals surface area (Å²) in [6.07, 6.45) is 2.70. The summed E-state index contributed by atoms with van der Waals surface area (Å²) in [4.78, 5) is 37.7. The van der Waals surface area contributed by atoms with E-state index in [0.29, 0.717) is 24.3 Å². The molecule has 0 bridgehead atoms. The molecule has 8 nitrogen and oxygen atoms in total. The van der Waals surface area contributed by atoms with Crippen LogP contribution in [0.15, 0.2) is 47.4 Å². The summed E-state index contributed by atoms with van der Waals surface area (Å²) in [6, 6.07) is 11.5. The van der Waals surface area contributed by atoms with Gasteiger partial charge in [-0.15, -0.1) is 0 Å². The molecule has 3 amide bonds. The molecule has 2 aliphatic heterocycles. The fraction of sp³-hybridized carbons (Fsp3) is 0.348. The molecule has 2 heterocycles. The van der Waals surface area contributed by atoms with E-state index in [4.69, 9.17) is 0 Å². The minimum absolute atomic E-state index is 0.158. The first-order valence-corrected chi connectivity index (χ1v) is 13.2. The quantitative estimate of drug-likeness (QED) is 0.668. The van der Waals surface area contributed by atoms with Crippen LogP contribution in [0.3, 0.4) is 0 Å². The van der Waals surface area contributed by atoms with Gasteiger partial charge in [0.25, 0.3) is 11.1 Å². The highest BCUT2D eigenvalue weighted by Crippen LogP contribution is 2.25. The Hall–Kier alpha value is -2.69. The zero-order valence-corrected chi connectivity index (χ0v) is 19.9. The molecule has 2 aliphatic rings. The van der Waals surface area contributed by atoms with Gasteiger partial charge in [-0.3, -0.25) is 19.3 Å². The molecule has 10 heteroatoms. The van der Waals surface area contributed by atoms with E-state index in [9.17, 15) is 22.8 Å². The third-order valence-corrected chi connectivity index (χ3v) is 8.68. The number of benzene rings is 2. The third-order valence-electron chi connectivity index (χ3n) is 5.78. The molecule has 33 heavy (non-hydrogen) atoms. The number of hydrogen-bond donors (Lipinski definition) is 1. The summed E-state index contributed by atoms with van der Waals surface area (Å²) >= 11 is 0.989. The first-order valence-electron chi connectivity index (χ1n) is 10.7. The van der Waals surface area contributed by atoms with Crippen LogP contribution in [0.5, 0.6) is 0 Å². The van der Waals surface area contributed by atoms with Crippen LogP contribution in [-0.4, -0.2) is 53.5 Å². The van der Waals surface area contributed by atoms with Gasteiger partial charge in [0.2, 0.25) is 15.9 Å². The number of amides is 3. The van der Waals surface area contributed by atoms with Gasteiger partial charge >= 0.3 is 0 Å². The third kappa shape index (κ3) is 5.13. The Morgan fingerprint density at radius 3 is 2.36 bits per heavy atom. The largest absolute Gasteiger partial charge is 0.322 e. The molecule has 0 spiro atoms. The average molecular weight is 488 g/mol. The number of nitrogens with zero attached hydrogens (tertiary/aromatic N) is 2. The first-order chi connectivity index (χ1) is 15.8. The maximum absolute atomic E-state index is 13.1. The lowest BCUT2D eigenvalue weighted by Gasteiger charge is -2.26. The van der Waals surface area contributed by atoms with Crippen LogP contribution in [0.2, 0.25) is 0 Å². The molecule has 2 aromatic carbocycles. The second-order valence-corrected chi connectivity index (χ2v) is 11.0. The number of carbonyl (C=O) groups excluding carboxylic acids is 3. The van der Waals surface area contributed by atoms with Crippen LogP contribution >= 0.6 is 11.8 Å². The molecule has 4 rings (SSSR count).